The van der Waals surface area contributed by atoms with E-state index in [4.69, 9.17) is 19.2 Å². The van der Waals surface area contributed by atoms with Crippen LogP contribution in [0.4, 0.5) is 0 Å². The monoisotopic (exact) mass is 391 g/mol. The maximum Gasteiger partial charge on any atom is 0 e. The van der Waals surface area contributed by atoms with Gasteiger partial charge in [0.05, 0.1) is 0 Å². The smallest absolute Gasteiger partial charge is 0 e. The van der Waals surface area contributed by atoms with Crippen LogP contribution >= 0.6 is 7.82 Å². The summed E-state index contributed by atoms with van der Waals surface area (Å²) in [5.74, 6) is 0. The third-order valence-electron chi connectivity index (χ3n) is 0. The SMILES string of the molecule is O=P(O)(O)O.[BaH2].[Cu].[Zr]. The molecule has 0 amide bonds. The van der Waals surface area contributed by atoms with E-state index in [1.165, 1.54) is 0 Å². The molecule has 51 valence electrons. The van der Waals surface area contributed by atoms with Crippen LogP contribution in [0.25, 0.3) is 0 Å². The topological polar surface area (TPSA) is 77.8 Å². The van der Waals surface area contributed by atoms with Gasteiger partial charge >= 0.3 is 56.7 Å². The van der Waals surface area contributed by atoms with Gasteiger partial charge in [0.1, 0.15) is 0 Å². The van der Waals surface area contributed by atoms with Gasteiger partial charge in [0.25, 0.3) is 0 Å². The largest absolute Gasteiger partial charge is 0 e. The van der Waals surface area contributed by atoms with Crippen LogP contribution in [0, 0.1) is 0 Å². The average molecular weight is 392 g/mol. The van der Waals surface area contributed by atoms with Crippen LogP contribution in [0.5, 0.6) is 0 Å². The Balaban J connectivity index is -0.0000000267. The zero-order valence-corrected chi connectivity index (χ0v) is 7.29. The minimum atomic E-state index is -4.64. The molecule has 1 radical (unpaired) electrons. The van der Waals surface area contributed by atoms with E-state index >= 15 is 0 Å². The first-order chi connectivity index (χ1) is 2.00. The van der Waals surface area contributed by atoms with Gasteiger partial charge in [-0.3, -0.25) is 0 Å². The molecule has 3 N–H and O–H groups in total. The van der Waals surface area contributed by atoms with Crippen LogP contribution in [0.3, 0.4) is 0 Å². The Hall–Kier alpha value is 3.08. The summed E-state index contributed by atoms with van der Waals surface area (Å²) in [6.07, 6.45) is 0. The standard InChI is InChI=1S/Ba.Cu.H3O4P.Zr.2H/c;;1-5(2,3)4;;;/h;;(H3,1,2,3,4);;;. The molecule has 0 saturated carbocycles. The molecule has 0 aromatic heterocycles. The Morgan fingerprint density at radius 2 is 1.12 bits per heavy atom. The molecule has 0 rings (SSSR count). The fourth-order valence-electron chi connectivity index (χ4n) is 0. The Bertz CT molecular complexity index is 62.2. The van der Waals surface area contributed by atoms with Crippen molar-refractivity contribution in [1.82, 2.24) is 0 Å². The molecule has 0 fully saturated rings. The van der Waals surface area contributed by atoms with Crippen LogP contribution < -0.4 is 0 Å². The van der Waals surface area contributed by atoms with Gasteiger partial charge in [-0.25, -0.2) is 4.57 Å². The normalized spacial score (nSPS) is 7.38. The van der Waals surface area contributed by atoms with Gasteiger partial charge in [-0.2, -0.15) is 0 Å². The van der Waals surface area contributed by atoms with Crippen molar-refractivity contribution in [3.8, 4) is 0 Å². The van der Waals surface area contributed by atoms with E-state index in [0.717, 1.165) is 0 Å². The van der Waals surface area contributed by atoms with Gasteiger partial charge in [0.2, 0.25) is 0 Å². The maximum atomic E-state index is 8.88. The zero-order valence-electron chi connectivity index (χ0n) is 3.00. The van der Waals surface area contributed by atoms with Crippen molar-refractivity contribution in [2.75, 3.05) is 0 Å². The molecule has 0 saturated heterocycles. The predicted molar refractivity (Wildman–Crippen MR) is 22.8 cm³/mol. The molecule has 0 heterocycles. The van der Waals surface area contributed by atoms with Crippen LogP contribution in [0.15, 0.2) is 0 Å². The molecule has 8 heteroatoms. The van der Waals surface area contributed by atoms with Crippen molar-refractivity contribution in [2.24, 2.45) is 0 Å². The molecule has 8 heavy (non-hydrogen) atoms. The Morgan fingerprint density at radius 1 is 1.12 bits per heavy atom. The van der Waals surface area contributed by atoms with Crippen molar-refractivity contribution in [1.29, 1.82) is 0 Å². The van der Waals surface area contributed by atoms with Gasteiger partial charge < -0.3 is 14.7 Å². The minimum absolute atomic E-state index is 0. The van der Waals surface area contributed by atoms with Crippen LogP contribution in [0.1, 0.15) is 0 Å². The van der Waals surface area contributed by atoms with E-state index in [9.17, 15) is 0 Å². The summed E-state index contributed by atoms with van der Waals surface area (Å²) in [5.41, 5.74) is 0. The number of hydrogen-bond donors (Lipinski definition) is 3. The Kier molecular flexibility index (Phi) is 28.3. The minimum Gasteiger partial charge on any atom is 0 e. The molecule has 0 unspecified atom stereocenters. The average Bonchev–Trinajstić information content (AvgIpc) is 0.722. The van der Waals surface area contributed by atoms with E-state index in [1.807, 2.05) is 0 Å². The molecule has 0 bridgehead atoms. The van der Waals surface area contributed by atoms with Gasteiger partial charge in [0, 0.05) is 43.3 Å². The molecular weight excluding hydrogens is 387 g/mol. The number of rotatable bonds is 0. The van der Waals surface area contributed by atoms with Crippen LogP contribution in [-0.2, 0) is 47.8 Å². The van der Waals surface area contributed by atoms with Gasteiger partial charge in [-0.1, -0.05) is 0 Å². The Labute approximate surface area is 117 Å². The second kappa shape index (κ2) is 10.1. The zero-order chi connectivity index (χ0) is 4.50. The second-order valence-corrected chi connectivity index (χ2v) is 1.54. The predicted octanol–water partition coefficient (Wildman–Crippen LogP) is -1.85. The summed E-state index contributed by atoms with van der Waals surface area (Å²) in [6, 6.07) is 0. The summed E-state index contributed by atoms with van der Waals surface area (Å²) < 4.78 is 8.88. The van der Waals surface area contributed by atoms with E-state index < -0.39 is 7.82 Å². The van der Waals surface area contributed by atoms with Crippen molar-refractivity contribution in [3.63, 3.8) is 0 Å². The fourth-order valence-corrected chi connectivity index (χ4v) is 0. The molecule has 4 nitrogen and oxygen atoms in total. The Morgan fingerprint density at radius 3 is 1.12 bits per heavy atom. The summed E-state index contributed by atoms with van der Waals surface area (Å²) in [7, 11) is -4.64. The van der Waals surface area contributed by atoms with Crippen molar-refractivity contribution in [3.05, 3.63) is 0 Å². The molecule has 0 spiro atoms. The third-order valence-corrected chi connectivity index (χ3v) is 0. The van der Waals surface area contributed by atoms with E-state index in [-0.39, 0.29) is 92.2 Å². The maximum absolute atomic E-state index is 8.88. The van der Waals surface area contributed by atoms with E-state index in [2.05, 4.69) is 0 Å². The van der Waals surface area contributed by atoms with Crippen molar-refractivity contribution in [2.45, 2.75) is 0 Å². The molecule has 0 aliphatic carbocycles. The fraction of sp³-hybridized carbons (Fsp3) is 0. The third kappa shape index (κ3) is 62.4. The van der Waals surface area contributed by atoms with E-state index in [0.29, 0.717) is 0 Å². The quantitative estimate of drug-likeness (QED) is 0.334. The van der Waals surface area contributed by atoms with Crippen molar-refractivity contribution < 1.29 is 62.5 Å². The number of phosphoric acid groups is 1. The summed E-state index contributed by atoms with van der Waals surface area (Å²) in [5, 5.41) is 0. The second-order valence-electron chi connectivity index (χ2n) is 0.513. The van der Waals surface area contributed by atoms with Gasteiger partial charge in [-0.15, -0.1) is 0 Å². The summed E-state index contributed by atoms with van der Waals surface area (Å²) in [4.78, 5) is 21.6. The summed E-state index contributed by atoms with van der Waals surface area (Å²) in [6.45, 7) is 0. The molecule has 0 aliphatic rings. The van der Waals surface area contributed by atoms with E-state index in [1.54, 1.807) is 0 Å². The van der Waals surface area contributed by atoms with Crippen LogP contribution in [0.2, 0.25) is 0 Å². The van der Waals surface area contributed by atoms with Gasteiger partial charge in [0.15, 0.2) is 0 Å². The molecule has 0 aliphatic heterocycles. The van der Waals surface area contributed by atoms with Gasteiger partial charge in [-0.05, 0) is 0 Å². The van der Waals surface area contributed by atoms with Crippen molar-refractivity contribution >= 4 is 56.7 Å². The summed E-state index contributed by atoms with van der Waals surface area (Å²) >= 11 is 0. The first-order valence-electron chi connectivity index (χ1n) is 0.783. The first-order valence-corrected chi connectivity index (χ1v) is 2.35. The van der Waals surface area contributed by atoms with Crippen LogP contribution in [-0.4, -0.2) is 63.6 Å². The number of hydrogen-bond acceptors (Lipinski definition) is 1. The first kappa shape index (κ1) is 22.5. The molecule has 0 aromatic rings. The molecular formula is H5BaCuO4PZr. The molecule has 0 aromatic carbocycles. The molecule has 0 atom stereocenters.